The summed E-state index contributed by atoms with van der Waals surface area (Å²) in [6, 6.07) is 5.84. The number of aliphatic hydroxyl groups excluding tert-OH is 1. The first-order valence-electron chi connectivity index (χ1n) is 6.02. The molecule has 1 amide bonds. The maximum absolute atomic E-state index is 12.0. The van der Waals surface area contributed by atoms with Gasteiger partial charge in [-0.05, 0) is 6.07 Å². The van der Waals surface area contributed by atoms with Gasteiger partial charge in [-0.3, -0.25) is 9.48 Å². The fraction of sp³-hybridized carbons (Fsp3) is 0.385. The van der Waals surface area contributed by atoms with Gasteiger partial charge in [-0.15, -0.1) is 0 Å². The largest absolute Gasteiger partial charge is 0.396 e. The lowest BCUT2D eigenvalue weighted by molar-refractivity contribution is -0.117. The lowest BCUT2D eigenvalue weighted by Crippen LogP contribution is -2.25. The van der Waals surface area contributed by atoms with Crippen LogP contribution in [0.3, 0.4) is 0 Å². The molecule has 5 nitrogen and oxygen atoms in total. The summed E-state index contributed by atoms with van der Waals surface area (Å²) in [5, 5.41) is 14.4. The topological polar surface area (TPSA) is 58.4 Å². The second kappa shape index (κ2) is 4.10. The summed E-state index contributed by atoms with van der Waals surface area (Å²) in [4.78, 5) is 13.8. The first-order valence-corrected chi connectivity index (χ1v) is 6.02. The van der Waals surface area contributed by atoms with Gasteiger partial charge in [0.2, 0.25) is 5.91 Å². The molecule has 3 rings (SSSR count). The van der Waals surface area contributed by atoms with Gasteiger partial charge in [-0.25, -0.2) is 0 Å². The van der Waals surface area contributed by atoms with Gasteiger partial charge in [-0.2, -0.15) is 5.10 Å². The third kappa shape index (κ3) is 1.59. The zero-order valence-corrected chi connectivity index (χ0v) is 10.2. The van der Waals surface area contributed by atoms with E-state index in [1.165, 1.54) is 0 Å². The van der Waals surface area contributed by atoms with Crippen LogP contribution in [0.4, 0.5) is 5.69 Å². The van der Waals surface area contributed by atoms with Crippen LogP contribution in [0.5, 0.6) is 0 Å². The van der Waals surface area contributed by atoms with E-state index in [0.717, 1.165) is 16.6 Å². The van der Waals surface area contributed by atoms with Crippen molar-refractivity contribution in [1.82, 2.24) is 9.78 Å². The van der Waals surface area contributed by atoms with Crippen molar-refractivity contribution in [3.63, 3.8) is 0 Å². The number of benzene rings is 1. The molecule has 18 heavy (non-hydrogen) atoms. The Morgan fingerprint density at radius 3 is 3.06 bits per heavy atom. The first kappa shape index (κ1) is 11.2. The van der Waals surface area contributed by atoms with Crippen LogP contribution in [0.1, 0.15) is 6.42 Å². The highest BCUT2D eigenvalue weighted by Crippen LogP contribution is 2.31. The fourth-order valence-corrected chi connectivity index (χ4v) is 2.57. The summed E-state index contributed by atoms with van der Waals surface area (Å²) in [7, 11) is 1.87. The number of hydrogen-bond acceptors (Lipinski definition) is 3. The van der Waals surface area contributed by atoms with E-state index in [9.17, 15) is 9.90 Å². The molecule has 1 unspecified atom stereocenters. The minimum Gasteiger partial charge on any atom is -0.396 e. The van der Waals surface area contributed by atoms with Gasteiger partial charge in [-0.1, -0.05) is 12.1 Å². The monoisotopic (exact) mass is 245 g/mol. The Hall–Kier alpha value is -1.88. The standard InChI is InChI=1S/C13H15N3O2/c1-15-13-10(6-14-15)3-2-4-11(13)16-7-9(8-17)5-12(16)18/h2-4,6,9,17H,5,7-8H2,1H3. The van der Waals surface area contributed by atoms with Crippen LogP contribution in [0, 0.1) is 5.92 Å². The summed E-state index contributed by atoms with van der Waals surface area (Å²) < 4.78 is 1.78. The van der Waals surface area contributed by atoms with Gasteiger partial charge < -0.3 is 10.0 Å². The van der Waals surface area contributed by atoms with Crippen molar-refractivity contribution in [2.45, 2.75) is 6.42 Å². The highest BCUT2D eigenvalue weighted by molar-refractivity contribution is 6.03. The predicted molar refractivity (Wildman–Crippen MR) is 68.3 cm³/mol. The van der Waals surface area contributed by atoms with E-state index in [2.05, 4.69) is 5.10 Å². The van der Waals surface area contributed by atoms with Crippen LogP contribution in [-0.2, 0) is 11.8 Å². The zero-order valence-electron chi connectivity index (χ0n) is 10.2. The highest BCUT2D eigenvalue weighted by atomic mass is 16.3. The first-order chi connectivity index (χ1) is 8.70. The maximum Gasteiger partial charge on any atom is 0.227 e. The number of fused-ring (bicyclic) bond motifs is 1. The third-order valence-corrected chi connectivity index (χ3v) is 3.49. The Labute approximate surface area is 105 Å². The van der Waals surface area contributed by atoms with Crippen LogP contribution in [0.2, 0.25) is 0 Å². The zero-order chi connectivity index (χ0) is 12.7. The molecule has 2 heterocycles. The van der Waals surface area contributed by atoms with Crippen molar-refractivity contribution in [2.75, 3.05) is 18.1 Å². The van der Waals surface area contributed by atoms with Gasteiger partial charge in [0.15, 0.2) is 0 Å². The number of aliphatic hydroxyl groups is 1. The smallest absolute Gasteiger partial charge is 0.227 e. The highest BCUT2D eigenvalue weighted by Gasteiger charge is 2.31. The molecule has 0 bridgehead atoms. The van der Waals surface area contributed by atoms with E-state index in [4.69, 9.17) is 0 Å². The number of aryl methyl sites for hydroxylation is 1. The van der Waals surface area contributed by atoms with E-state index in [0.29, 0.717) is 13.0 Å². The molecule has 0 saturated carbocycles. The van der Waals surface area contributed by atoms with E-state index in [1.807, 2.05) is 25.2 Å². The molecule has 0 radical (unpaired) electrons. The number of hydrogen-bond donors (Lipinski definition) is 1. The Morgan fingerprint density at radius 2 is 2.33 bits per heavy atom. The van der Waals surface area contributed by atoms with E-state index < -0.39 is 0 Å². The van der Waals surface area contributed by atoms with Crippen molar-refractivity contribution >= 4 is 22.5 Å². The Morgan fingerprint density at radius 1 is 1.50 bits per heavy atom. The van der Waals surface area contributed by atoms with Gasteiger partial charge >= 0.3 is 0 Å². The molecule has 0 aliphatic carbocycles. The molecule has 1 N–H and O–H groups in total. The molecule has 0 spiro atoms. The number of aromatic nitrogens is 2. The van der Waals surface area contributed by atoms with Gasteiger partial charge in [0, 0.05) is 37.9 Å². The fourth-order valence-electron chi connectivity index (χ4n) is 2.57. The second-order valence-corrected chi connectivity index (χ2v) is 4.74. The molecule has 1 aliphatic heterocycles. The minimum absolute atomic E-state index is 0.0426. The second-order valence-electron chi connectivity index (χ2n) is 4.74. The molecule has 1 aromatic carbocycles. The van der Waals surface area contributed by atoms with E-state index >= 15 is 0 Å². The van der Waals surface area contributed by atoms with Crippen molar-refractivity contribution in [3.8, 4) is 0 Å². The molecular weight excluding hydrogens is 230 g/mol. The summed E-state index contributed by atoms with van der Waals surface area (Å²) >= 11 is 0. The van der Waals surface area contributed by atoms with E-state index in [1.54, 1.807) is 15.8 Å². The summed E-state index contributed by atoms with van der Waals surface area (Å²) in [5.41, 5.74) is 1.85. The van der Waals surface area contributed by atoms with Crippen LogP contribution >= 0.6 is 0 Å². The van der Waals surface area contributed by atoms with E-state index in [-0.39, 0.29) is 18.4 Å². The summed E-state index contributed by atoms with van der Waals surface area (Å²) in [6.45, 7) is 0.642. The Balaban J connectivity index is 2.09. The number of rotatable bonds is 2. The Bertz CT molecular complexity index is 605. The van der Waals surface area contributed by atoms with Crippen LogP contribution < -0.4 is 4.90 Å². The third-order valence-electron chi connectivity index (χ3n) is 3.49. The Kier molecular flexibility index (Phi) is 2.56. The summed E-state index contributed by atoms with van der Waals surface area (Å²) in [5.74, 6) is 0.115. The van der Waals surface area contributed by atoms with Gasteiger partial charge in [0.05, 0.1) is 17.4 Å². The van der Waals surface area contributed by atoms with Crippen LogP contribution in [-0.4, -0.2) is 33.9 Å². The molecule has 1 fully saturated rings. The minimum atomic E-state index is 0.0426. The van der Waals surface area contributed by atoms with Gasteiger partial charge in [0.1, 0.15) is 0 Å². The van der Waals surface area contributed by atoms with Crippen molar-refractivity contribution < 1.29 is 9.90 Å². The van der Waals surface area contributed by atoms with Crippen molar-refractivity contribution in [3.05, 3.63) is 24.4 Å². The lowest BCUT2D eigenvalue weighted by atomic mass is 10.1. The van der Waals surface area contributed by atoms with Gasteiger partial charge in [0.25, 0.3) is 0 Å². The maximum atomic E-state index is 12.0. The lowest BCUT2D eigenvalue weighted by Gasteiger charge is -2.18. The molecule has 1 saturated heterocycles. The number of carbonyl (C=O) groups is 1. The van der Waals surface area contributed by atoms with Crippen molar-refractivity contribution in [1.29, 1.82) is 0 Å². The molecule has 2 aromatic rings. The molecule has 94 valence electrons. The SMILES string of the molecule is Cn1ncc2cccc(N3CC(CO)CC3=O)c21. The molecule has 1 aliphatic rings. The normalized spacial score (nSPS) is 20.0. The number of anilines is 1. The molecule has 5 heteroatoms. The number of nitrogens with zero attached hydrogens (tertiary/aromatic N) is 3. The average Bonchev–Trinajstić information content (AvgIpc) is 2.93. The van der Waals surface area contributed by atoms with Crippen molar-refractivity contribution in [2.24, 2.45) is 13.0 Å². The quantitative estimate of drug-likeness (QED) is 0.856. The average molecular weight is 245 g/mol. The predicted octanol–water partition coefficient (Wildman–Crippen LogP) is 0.919. The molecule has 1 aromatic heterocycles. The van der Waals surface area contributed by atoms with Crippen LogP contribution in [0.25, 0.3) is 10.9 Å². The molecular formula is C13H15N3O2. The number of para-hydroxylation sites is 1. The van der Waals surface area contributed by atoms with Crippen LogP contribution in [0.15, 0.2) is 24.4 Å². The molecule has 1 atom stereocenters. The number of amides is 1. The number of carbonyl (C=O) groups excluding carboxylic acids is 1. The summed E-state index contributed by atoms with van der Waals surface area (Å²) in [6.07, 6.45) is 2.22.